The molecule has 3 aromatic carbocycles. The van der Waals surface area contributed by atoms with Gasteiger partial charge < -0.3 is 4.90 Å². The Morgan fingerprint density at radius 3 is 2.23 bits per heavy atom. The van der Waals surface area contributed by atoms with Crippen LogP contribution in [0.3, 0.4) is 0 Å². The minimum absolute atomic E-state index is 0.129. The van der Waals surface area contributed by atoms with E-state index in [1.807, 2.05) is 25.1 Å². The zero-order valence-corrected chi connectivity index (χ0v) is 21.3. The maximum absolute atomic E-state index is 13.7. The van der Waals surface area contributed by atoms with Crippen molar-refractivity contribution in [3.63, 3.8) is 0 Å². The first-order valence-corrected chi connectivity index (χ1v) is 12.5. The van der Waals surface area contributed by atoms with Crippen LogP contribution in [0.25, 0.3) is 16.6 Å². The number of amides is 1. The summed E-state index contributed by atoms with van der Waals surface area (Å²) in [5.74, 6) is 0.366. The Morgan fingerprint density at radius 1 is 0.943 bits per heavy atom. The normalized spacial score (nSPS) is 12.0. The number of nitrogens with zero attached hydrogens (tertiary/aromatic N) is 3. The molecule has 1 heterocycles. The van der Waals surface area contributed by atoms with Gasteiger partial charge in [0.25, 0.3) is 11.5 Å². The third kappa shape index (κ3) is 5.42. The lowest BCUT2D eigenvalue weighted by atomic mass is 10.1. The zero-order chi connectivity index (χ0) is 24.9. The first kappa shape index (κ1) is 25.0. The van der Waals surface area contributed by atoms with Gasteiger partial charge in [0.15, 0.2) is 0 Å². The van der Waals surface area contributed by atoms with Crippen molar-refractivity contribution in [1.29, 1.82) is 0 Å². The predicted octanol–water partition coefficient (Wildman–Crippen LogP) is 7.09. The summed E-state index contributed by atoms with van der Waals surface area (Å²) in [5.41, 5.74) is 1.59. The predicted molar refractivity (Wildman–Crippen MR) is 143 cm³/mol. The molecule has 5 nitrogen and oxygen atoms in total. The summed E-state index contributed by atoms with van der Waals surface area (Å²) >= 11 is 12.2. The van der Waals surface area contributed by atoms with Gasteiger partial charge in [-0.2, -0.15) is 0 Å². The minimum Gasteiger partial charge on any atom is -0.329 e. The quantitative estimate of drug-likeness (QED) is 0.239. The summed E-state index contributed by atoms with van der Waals surface area (Å²) in [5, 5.41) is 1.66. The van der Waals surface area contributed by atoms with Crippen molar-refractivity contribution in [3.8, 4) is 5.69 Å². The number of carbonyl (C=O) groups excluding carboxylic acids is 1. The van der Waals surface area contributed by atoms with Gasteiger partial charge in [-0.05, 0) is 74.0 Å². The smallest absolute Gasteiger partial charge is 0.266 e. The third-order valence-corrected chi connectivity index (χ3v) is 6.59. The molecule has 180 valence electrons. The minimum atomic E-state index is -0.469. The van der Waals surface area contributed by atoms with Gasteiger partial charge in [-0.3, -0.25) is 14.2 Å². The van der Waals surface area contributed by atoms with Crippen molar-refractivity contribution >= 4 is 40.0 Å². The summed E-state index contributed by atoms with van der Waals surface area (Å²) in [6.07, 6.45) is 2.87. The van der Waals surface area contributed by atoms with Gasteiger partial charge >= 0.3 is 0 Å². The lowest BCUT2D eigenvalue weighted by Gasteiger charge is -2.31. The van der Waals surface area contributed by atoms with E-state index in [2.05, 4.69) is 6.92 Å². The summed E-state index contributed by atoms with van der Waals surface area (Å²) in [6, 6.07) is 20.7. The van der Waals surface area contributed by atoms with Gasteiger partial charge in [0.2, 0.25) is 0 Å². The van der Waals surface area contributed by atoms with Gasteiger partial charge in [0, 0.05) is 22.2 Å². The summed E-state index contributed by atoms with van der Waals surface area (Å²) in [7, 11) is 0. The number of aromatic nitrogens is 2. The van der Waals surface area contributed by atoms with Crippen molar-refractivity contribution < 1.29 is 4.79 Å². The molecular formula is C28H27Cl2N3O2. The molecule has 0 N–H and O–H groups in total. The monoisotopic (exact) mass is 507 g/mol. The highest BCUT2D eigenvalue weighted by molar-refractivity contribution is 6.30. The molecule has 4 aromatic rings. The largest absolute Gasteiger partial charge is 0.329 e. The van der Waals surface area contributed by atoms with Crippen LogP contribution in [0, 0.1) is 0 Å². The Kier molecular flexibility index (Phi) is 7.89. The van der Waals surface area contributed by atoms with Crippen LogP contribution < -0.4 is 5.56 Å². The first-order valence-electron chi connectivity index (χ1n) is 11.7. The molecule has 1 aromatic heterocycles. The van der Waals surface area contributed by atoms with E-state index in [0.717, 1.165) is 19.3 Å². The number of rotatable bonds is 8. The molecule has 0 radical (unpaired) electrons. The molecule has 35 heavy (non-hydrogen) atoms. The molecule has 0 spiro atoms. The zero-order valence-electron chi connectivity index (χ0n) is 19.7. The van der Waals surface area contributed by atoms with Crippen LogP contribution >= 0.6 is 23.2 Å². The first-order chi connectivity index (χ1) is 16.9. The molecule has 0 aliphatic carbocycles. The van der Waals surface area contributed by atoms with Gasteiger partial charge in [-0.25, -0.2) is 4.98 Å². The van der Waals surface area contributed by atoms with E-state index in [0.29, 0.717) is 44.6 Å². The topological polar surface area (TPSA) is 55.2 Å². The van der Waals surface area contributed by atoms with Crippen molar-refractivity contribution in [2.45, 2.75) is 39.2 Å². The fourth-order valence-corrected chi connectivity index (χ4v) is 4.42. The van der Waals surface area contributed by atoms with E-state index in [1.165, 1.54) is 0 Å². The van der Waals surface area contributed by atoms with Gasteiger partial charge in [-0.1, -0.05) is 55.1 Å². The second-order valence-corrected chi connectivity index (χ2v) is 9.37. The maximum atomic E-state index is 13.7. The van der Waals surface area contributed by atoms with Crippen LogP contribution in [0.5, 0.6) is 0 Å². The standard InChI is InChI=1S/C28H27Cl2N3O2/c1-3-4-7-18-32(27(34)20-10-12-21(29)13-11-20)19(2)26-31-25-9-6-5-8-24(25)28(35)33(26)23-16-14-22(30)15-17-23/h5-6,8-17,19H,3-4,7,18H2,1-2H3. The molecule has 0 saturated carbocycles. The molecular weight excluding hydrogens is 481 g/mol. The number of unbranched alkanes of at least 4 members (excludes halogenated alkanes) is 2. The SMILES string of the molecule is CCCCCN(C(=O)c1ccc(Cl)cc1)C(C)c1nc2ccccc2c(=O)n1-c1ccc(Cl)cc1. The fraction of sp³-hybridized carbons (Fsp3) is 0.250. The number of carbonyl (C=O) groups is 1. The average molecular weight is 508 g/mol. The Balaban J connectivity index is 1.87. The average Bonchev–Trinajstić information content (AvgIpc) is 2.87. The highest BCUT2D eigenvalue weighted by atomic mass is 35.5. The molecule has 0 bridgehead atoms. The van der Waals surface area contributed by atoms with Crippen molar-refractivity contribution in [3.05, 3.63) is 105 Å². The highest BCUT2D eigenvalue weighted by Crippen LogP contribution is 2.26. The maximum Gasteiger partial charge on any atom is 0.266 e. The lowest BCUT2D eigenvalue weighted by molar-refractivity contribution is 0.0677. The van der Waals surface area contributed by atoms with Crippen LogP contribution in [0.1, 0.15) is 55.3 Å². The molecule has 0 aliphatic heterocycles. The Hall–Kier alpha value is -3.15. The van der Waals surface area contributed by atoms with Crippen molar-refractivity contribution in [2.75, 3.05) is 6.54 Å². The van der Waals surface area contributed by atoms with Gasteiger partial charge in [0.1, 0.15) is 5.82 Å². The van der Waals surface area contributed by atoms with Crippen LogP contribution in [0.2, 0.25) is 10.0 Å². The summed E-state index contributed by atoms with van der Waals surface area (Å²) in [4.78, 5) is 34.0. The molecule has 7 heteroatoms. The fourth-order valence-electron chi connectivity index (χ4n) is 4.17. The number of halogens is 2. The van der Waals surface area contributed by atoms with Crippen LogP contribution in [-0.4, -0.2) is 26.9 Å². The third-order valence-electron chi connectivity index (χ3n) is 6.08. The number of hydrogen-bond acceptors (Lipinski definition) is 3. The molecule has 1 atom stereocenters. The van der Waals surface area contributed by atoms with Crippen molar-refractivity contribution in [2.24, 2.45) is 0 Å². The van der Waals surface area contributed by atoms with E-state index in [4.69, 9.17) is 28.2 Å². The number of para-hydroxylation sites is 1. The highest BCUT2D eigenvalue weighted by Gasteiger charge is 2.27. The Labute approximate surface area is 214 Å². The summed E-state index contributed by atoms with van der Waals surface area (Å²) in [6.45, 7) is 4.58. The number of fused-ring (bicyclic) bond motifs is 1. The second-order valence-electron chi connectivity index (χ2n) is 8.49. The number of hydrogen-bond donors (Lipinski definition) is 0. The number of benzene rings is 3. The lowest BCUT2D eigenvalue weighted by Crippen LogP contribution is -2.38. The molecule has 1 unspecified atom stereocenters. The molecule has 1 amide bonds. The van der Waals surface area contributed by atoms with Crippen molar-refractivity contribution in [1.82, 2.24) is 14.5 Å². The van der Waals surface area contributed by atoms with E-state index in [1.54, 1.807) is 64.1 Å². The van der Waals surface area contributed by atoms with E-state index in [9.17, 15) is 9.59 Å². The van der Waals surface area contributed by atoms with Gasteiger partial charge in [-0.15, -0.1) is 0 Å². The van der Waals surface area contributed by atoms with E-state index >= 15 is 0 Å². The molecule has 0 fully saturated rings. The van der Waals surface area contributed by atoms with Crippen LogP contribution in [0.15, 0.2) is 77.6 Å². The molecule has 0 saturated heterocycles. The van der Waals surface area contributed by atoms with Crippen LogP contribution in [0.4, 0.5) is 0 Å². The summed E-state index contributed by atoms with van der Waals surface area (Å²) < 4.78 is 1.59. The van der Waals surface area contributed by atoms with E-state index < -0.39 is 6.04 Å². The Morgan fingerprint density at radius 2 is 1.57 bits per heavy atom. The molecule has 0 aliphatic rings. The Bertz CT molecular complexity index is 1380. The molecule has 4 rings (SSSR count). The van der Waals surface area contributed by atoms with Gasteiger partial charge in [0.05, 0.1) is 22.6 Å². The van der Waals surface area contributed by atoms with E-state index in [-0.39, 0.29) is 11.5 Å². The second kappa shape index (κ2) is 11.1. The van der Waals surface area contributed by atoms with Crippen LogP contribution in [-0.2, 0) is 0 Å².